The Morgan fingerprint density at radius 1 is 1.11 bits per heavy atom. The molecule has 0 aromatic heterocycles. The van der Waals surface area contributed by atoms with Crippen LogP contribution < -0.4 is 4.74 Å². The number of carboxylic acid groups (broad SMARTS) is 2. The van der Waals surface area contributed by atoms with Crippen LogP contribution in [0.2, 0.25) is 0 Å². The van der Waals surface area contributed by atoms with Crippen LogP contribution in [-0.2, 0) is 11.2 Å². The lowest BCUT2D eigenvalue weighted by Crippen LogP contribution is -2.06. The van der Waals surface area contributed by atoms with Gasteiger partial charge in [-0.05, 0) is 43.5 Å². The molecule has 3 N–H and O–H groups in total. The summed E-state index contributed by atoms with van der Waals surface area (Å²) in [5.41, 5.74) is 1.33. The van der Waals surface area contributed by atoms with Gasteiger partial charge in [-0.3, -0.25) is 0 Å². The molecular weight excluding hydrogens is 360 g/mol. The Morgan fingerprint density at radius 3 is 2.25 bits per heavy atom. The van der Waals surface area contributed by atoms with Gasteiger partial charge in [0.15, 0.2) is 0 Å². The van der Waals surface area contributed by atoms with Crippen LogP contribution in [0.3, 0.4) is 0 Å². The van der Waals surface area contributed by atoms with Gasteiger partial charge in [0.25, 0.3) is 0 Å². The quantitative estimate of drug-likeness (QED) is 0.376. The van der Waals surface area contributed by atoms with Crippen molar-refractivity contribution in [1.29, 1.82) is 0 Å². The number of carboxylic acids is 2. The van der Waals surface area contributed by atoms with Gasteiger partial charge in [0.1, 0.15) is 17.1 Å². The van der Waals surface area contributed by atoms with E-state index in [1.807, 2.05) is 19.9 Å². The Labute approximate surface area is 163 Å². The Morgan fingerprint density at radius 2 is 1.75 bits per heavy atom. The number of phenols is 1. The average molecular weight is 382 g/mol. The highest BCUT2D eigenvalue weighted by molar-refractivity contribution is 6.21. The van der Waals surface area contributed by atoms with E-state index >= 15 is 0 Å². The summed E-state index contributed by atoms with van der Waals surface area (Å²) >= 11 is 0. The molecule has 0 heterocycles. The highest BCUT2D eigenvalue weighted by Gasteiger charge is 2.23. The fraction of sp³-hybridized carbons (Fsp3) is 0.182. The summed E-state index contributed by atoms with van der Waals surface area (Å²) in [6.45, 7) is 3.77. The van der Waals surface area contributed by atoms with Gasteiger partial charge >= 0.3 is 11.9 Å². The Hall–Kier alpha value is -3.54. The van der Waals surface area contributed by atoms with Crippen LogP contribution in [0, 0.1) is 0 Å². The zero-order valence-electron chi connectivity index (χ0n) is 15.9. The number of benzene rings is 2. The van der Waals surface area contributed by atoms with Gasteiger partial charge in [-0.2, -0.15) is 0 Å². The number of aliphatic carboxylic acids is 1. The van der Waals surface area contributed by atoms with Crippen molar-refractivity contribution in [2.75, 3.05) is 7.11 Å². The van der Waals surface area contributed by atoms with Gasteiger partial charge in [0.2, 0.25) is 0 Å². The molecule has 0 bridgehead atoms. The molecule has 0 atom stereocenters. The monoisotopic (exact) mass is 382 g/mol. The van der Waals surface area contributed by atoms with Crippen LogP contribution in [0.5, 0.6) is 11.5 Å². The number of rotatable bonds is 7. The number of hydrogen-bond acceptors (Lipinski definition) is 4. The summed E-state index contributed by atoms with van der Waals surface area (Å²) in [5, 5.41) is 29.9. The maximum absolute atomic E-state index is 11.8. The van der Waals surface area contributed by atoms with Crippen LogP contribution in [0.15, 0.2) is 48.0 Å². The summed E-state index contributed by atoms with van der Waals surface area (Å²) in [6, 6.07) is 9.78. The van der Waals surface area contributed by atoms with Crippen LogP contribution in [-0.4, -0.2) is 34.4 Å². The van der Waals surface area contributed by atoms with Crippen LogP contribution >= 0.6 is 0 Å². The van der Waals surface area contributed by atoms with E-state index in [2.05, 4.69) is 0 Å². The number of methoxy groups -OCH3 is 1. The van der Waals surface area contributed by atoms with Gasteiger partial charge < -0.3 is 20.1 Å². The van der Waals surface area contributed by atoms with E-state index in [4.69, 9.17) is 4.74 Å². The lowest BCUT2D eigenvalue weighted by atomic mass is 9.95. The highest BCUT2D eigenvalue weighted by Crippen LogP contribution is 2.37. The molecule has 2 aromatic carbocycles. The molecule has 0 amide bonds. The van der Waals surface area contributed by atoms with Gasteiger partial charge in [-0.1, -0.05) is 42.0 Å². The fourth-order valence-corrected chi connectivity index (χ4v) is 2.77. The SMILES string of the molecule is COc1cc(/C=C(\C(=O)O)c2ccccc2)c(C(=O)O)c(O)c1CC=C(C)C. The summed E-state index contributed by atoms with van der Waals surface area (Å²) in [4.78, 5) is 23.6. The zero-order chi connectivity index (χ0) is 20.8. The highest BCUT2D eigenvalue weighted by atomic mass is 16.5. The molecular formula is C22H22O6. The number of carbonyl (C=O) groups is 2. The number of aromatic carboxylic acids is 1. The maximum Gasteiger partial charge on any atom is 0.340 e. The number of allylic oxidation sites excluding steroid dienone is 2. The molecule has 6 heteroatoms. The smallest absolute Gasteiger partial charge is 0.340 e. The topological polar surface area (TPSA) is 104 Å². The maximum atomic E-state index is 11.8. The minimum Gasteiger partial charge on any atom is -0.507 e. The Balaban J connectivity index is 2.75. The lowest BCUT2D eigenvalue weighted by molar-refractivity contribution is -0.130. The minimum absolute atomic E-state index is 0.0454. The third kappa shape index (κ3) is 4.59. The van der Waals surface area contributed by atoms with Crippen molar-refractivity contribution >= 4 is 23.6 Å². The van der Waals surface area contributed by atoms with E-state index in [1.54, 1.807) is 30.3 Å². The molecule has 0 fully saturated rings. The number of ether oxygens (including phenoxy) is 1. The molecule has 6 nitrogen and oxygen atoms in total. The predicted molar refractivity (Wildman–Crippen MR) is 107 cm³/mol. The molecule has 0 spiro atoms. The van der Waals surface area contributed by atoms with Gasteiger partial charge in [-0.15, -0.1) is 0 Å². The molecule has 0 aliphatic rings. The molecule has 0 unspecified atom stereocenters. The first-order valence-electron chi connectivity index (χ1n) is 8.56. The van der Waals surface area contributed by atoms with Crippen molar-refractivity contribution < 1.29 is 29.6 Å². The molecule has 2 rings (SSSR count). The lowest BCUT2D eigenvalue weighted by Gasteiger charge is -2.15. The van der Waals surface area contributed by atoms with E-state index < -0.39 is 17.7 Å². The predicted octanol–water partition coefficient (Wildman–Crippen LogP) is 4.23. The summed E-state index contributed by atoms with van der Waals surface area (Å²) in [5.74, 6) is -2.73. The molecule has 28 heavy (non-hydrogen) atoms. The second-order valence-electron chi connectivity index (χ2n) is 6.39. The third-order valence-electron chi connectivity index (χ3n) is 4.16. The van der Waals surface area contributed by atoms with Gasteiger partial charge in [0, 0.05) is 5.56 Å². The van der Waals surface area contributed by atoms with Crippen molar-refractivity contribution in [3.8, 4) is 11.5 Å². The molecule has 0 aliphatic heterocycles. The second-order valence-corrected chi connectivity index (χ2v) is 6.39. The van der Waals surface area contributed by atoms with E-state index in [1.165, 1.54) is 19.3 Å². The van der Waals surface area contributed by atoms with Crippen LogP contribution in [0.4, 0.5) is 0 Å². The Bertz CT molecular complexity index is 951. The first kappa shape index (κ1) is 20.8. The zero-order valence-corrected chi connectivity index (χ0v) is 15.9. The van der Waals surface area contributed by atoms with Crippen molar-refractivity contribution in [1.82, 2.24) is 0 Å². The molecule has 0 saturated heterocycles. The standard InChI is InChI=1S/C22H22O6/c1-13(2)9-10-16-18(28-3)12-15(19(20(16)23)22(26)27)11-17(21(24)25)14-7-5-4-6-8-14/h4-9,11-12,23H,10H2,1-3H3,(H,24,25)(H,26,27)/b17-11-. The van der Waals surface area contributed by atoms with Crippen LogP contribution in [0.1, 0.15) is 40.9 Å². The summed E-state index contributed by atoms with van der Waals surface area (Å²) in [6.07, 6.45) is 3.35. The second kappa shape index (κ2) is 8.90. The average Bonchev–Trinajstić information content (AvgIpc) is 2.64. The van der Waals surface area contributed by atoms with Gasteiger partial charge in [-0.25, -0.2) is 9.59 Å². The van der Waals surface area contributed by atoms with E-state index in [-0.39, 0.29) is 28.9 Å². The van der Waals surface area contributed by atoms with Crippen molar-refractivity contribution in [2.45, 2.75) is 20.3 Å². The number of aromatic hydroxyl groups is 1. The van der Waals surface area contributed by atoms with E-state index in [0.717, 1.165) is 5.57 Å². The largest absolute Gasteiger partial charge is 0.507 e. The van der Waals surface area contributed by atoms with Gasteiger partial charge in [0.05, 0.1) is 12.7 Å². The minimum atomic E-state index is -1.36. The summed E-state index contributed by atoms with van der Waals surface area (Å²) in [7, 11) is 1.41. The molecule has 146 valence electrons. The normalized spacial score (nSPS) is 11.0. The molecule has 0 aliphatic carbocycles. The molecule has 0 radical (unpaired) electrons. The number of hydrogen-bond donors (Lipinski definition) is 3. The van der Waals surface area contributed by atoms with Crippen molar-refractivity contribution in [2.24, 2.45) is 0 Å². The first-order chi connectivity index (χ1) is 13.3. The van der Waals surface area contributed by atoms with Crippen molar-refractivity contribution in [3.63, 3.8) is 0 Å². The molecule has 0 saturated carbocycles. The third-order valence-corrected chi connectivity index (χ3v) is 4.16. The Kier molecular flexibility index (Phi) is 6.60. The molecule has 2 aromatic rings. The fourth-order valence-electron chi connectivity index (χ4n) is 2.77. The van der Waals surface area contributed by atoms with E-state index in [0.29, 0.717) is 11.1 Å². The first-order valence-corrected chi connectivity index (χ1v) is 8.56. The van der Waals surface area contributed by atoms with Crippen LogP contribution in [0.25, 0.3) is 11.6 Å². The van der Waals surface area contributed by atoms with Crippen molar-refractivity contribution in [3.05, 3.63) is 70.3 Å². The van der Waals surface area contributed by atoms with E-state index in [9.17, 15) is 24.9 Å². The summed E-state index contributed by atoms with van der Waals surface area (Å²) < 4.78 is 5.32.